The number of aryl methyl sites for hydroxylation is 2. The molecule has 8 heteroatoms. The van der Waals surface area contributed by atoms with Crippen molar-refractivity contribution in [1.29, 1.82) is 0 Å². The predicted molar refractivity (Wildman–Crippen MR) is 94.9 cm³/mol. The molecule has 0 unspecified atom stereocenters. The molecule has 0 spiro atoms. The van der Waals surface area contributed by atoms with Crippen LogP contribution in [0.25, 0.3) is 10.9 Å². The van der Waals surface area contributed by atoms with Crippen molar-refractivity contribution >= 4 is 28.8 Å². The van der Waals surface area contributed by atoms with Gasteiger partial charge in [0.05, 0.1) is 17.7 Å². The van der Waals surface area contributed by atoms with Crippen molar-refractivity contribution in [3.8, 4) is 0 Å². The average molecular weight is 359 g/mol. The number of ether oxygens (including phenoxy) is 2. The van der Waals surface area contributed by atoms with Gasteiger partial charge in [0.2, 0.25) is 0 Å². The fraction of sp³-hybridized carbons (Fsp3) is 0.333. The second-order valence-corrected chi connectivity index (χ2v) is 5.70. The van der Waals surface area contributed by atoms with Crippen LogP contribution >= 0.6 is 0 Å². The Morgan fingerprint density at radius 2 is 1.92 bits per heavy atom. The van der Waals surface area contributed by atoms with Crippen molar-refractivity contribution in [3.05, 3.63) is 41.1 Å². The molecule has 0 radical (unpaired) electrons. The lowest BCUT2D eigenvalue weighted by atomic mass is 10.1. The number of amides is 3. The van der Waals surface area contributed by atoms with Crippen molar-refractivity contribution in [1.82, 2.24) is 15.6 Å². The van der Waals surface area contributed by atoms with E-state index in [1.165, 1.54) is 7.11 Å². The van der Waals surface area contributed by atoms with Gasteiger partial charge >= 0.3 is 12.0 Å². The molecule has 0 aliphatic rings. The zero-order chi connectivity index (χ0) is 19.1. The Bertz CT molecular complexity index is 835. The number of carbonyl (C=O) groups excluding carboxylic acids is 3. The Morgan fingerprint density at radius 3 is 2.65 bits per heavy atom. The van der Waals surface area contributed by atoms with Crippen LogP contribution < -0.4 is 10.6 Å². The Labute approximate surface area is 150 Å². The zero-order valence-corrected chi connectivity index (χ0v) is 14.9. The molecule has 2 N–H and O–H groups in total. The lowest BCUT2D eigenvalue weighted by Gasteiger charge is -2.10. The molecule has 2 aromatic rings. The van der Waals surface area contributed by atoms with Crippen LogP contribution in [0.3, 0.4) is 0 Å². The topological polar surface area (TPSA) is 107 Å². The van der Waals surface area contributed by atoms with Crippen LogP contribution in [0.2, 0.25) is 0 Å². The van der Waals surface area contributed by atoms with Gasteiger partial charge in [-0.3, -0.25) is 15.1 Å². The molecule has 8 nitrogen and oxygen atoms in total. The van der Waals surface area contributed by atoms with Gasteiger partial charge in [-0.25, -0.2) is 9.59 Å². The highest BCUT2D eigenvalue weighted by molar-refractivity contribution is 6.04. The van der Waals surface area contributed by atoms with Crippen LogP contribution in [0, 0.1) is 13.8 Å². The van der Waals surface area contributed by atoms with Crippen LogP contribution in [0.5, 0.6) is 0 Å². The number of aromatic nitrogens is 1. The molecular weight excluding hydrogens is 338 g/mol. The monoisotopic (exact) mass is 359 g/mol. The molecule has 26 heavy (non-hydrogen) atoms. The second kappa shape index (κ2) is 8.91. The quantitative estimate of drug-likeness (QED) is 0.598. The Hall–Kier alpha value is -3.00. The number of methoxy groups -OCH3 is 1. The maximum Gasteiger partial charge on any atom is 0.339 e. The third kappa shape index (κ3) is 5.25. The first-order valence-electron chi connectivity index (χ1n) is 8.02. The molecule has 0 aliphatic carbocycles. The van der Waals surface area contributed by atoms with E-state index in [1.54, 1.807) is 13.0 Å². The van der Waals surface area contributed by atoms with E-state index in [0.717, 1.165) is 5.56 Å². The van der Waals surface area contributed by atoms with E-state index >= 15 is 0 Å². The summed E-state index contributed by atoms with van der Waals surface area (Å²) >= 11 is 0. The highest BCUT2D eigenvalue weighted by Gasteiger charge is 2.16. The van der Waals surface area contributed by atoms with Gasteiger partial charge in [-0.15, -0.1) is 0 Å². The minimum Gasteiger partial charge on any atom is -0.452 e. The number of carbonyl (C=O) groups is 3. The number of fused-ring (bicyclic) bond motifs is 1. The number of rotatable bonds is 6. The molecule has 0 aliphatic heterocycles. The van der Waals surface area contributed by atoms with E-state index in [9.17, 15) is 14.4 Å². The maximum atomic E-state index is 12.4. The van der Waals surface area contributed by atoms with Crippen LogP contribution in [0.15, 0.2) is 24.3 Å². The van der Waals surface area contributed by atoms with E-state index < -0.39 is 24.5 Å². The highest BCUT2D eigenvalue weighted by Crippen LogP contribution is 2.20. The standard InChI is InChI=1S/C18H21N3O5/c1-11-4-5-15-13(8-11)14(9-12(2)20-15)17(23)26-10-16(22)21-18(24)19-6-7-25-3/h4-5,8-9H,6-7,10H2,1-3H3,(H2,19,21,22,24). The summed E-state index contributed by atoms with van der Waals surface area (Å²) in [4.78, 5) is 39.9. The number of hydrogen-bond acceptors (Lipinski definition) is 6. The van der Waals surface area contributed by atoms with Gasteiger partial charge in [0.15, 0.2) is 6.61 Å². The van der Waals surface area contributed by atoms with Crippen LogP contribution in [0.4, 0.5) is 4.79 Å². The van der Waals surface area contributed by atoms with Crippen molar-refractivity contribution in [2.45, 2.75) is 13.8 Å². The summed E-state index contributed by atoms with van der Waals surface area (Å²) in [6.45, 7) is 3.70. The minimum atomic E-state index is -0.723. The summed E-state index contributed by atoms with van der Waals surface area (Å²) < 4.78 is 9.81. The number of pyridine rings is 1. The van der Waals surface area contributed by atoms with Crippen LogP contribution in [0.1, 0.15) is 21.6 Å². The smallest absolute Gasteiger partial charge is 0.339 e. The fourth-order valence-electron chi connectivity index (χ4n) is 2.32. The van der Waals surface area contributed by atoms with Crippen LogP contribution in [-0.4, -0.2) is 49.8 Å². The molecule has 1 aromatic carbocycles. The van der Waals surface area contributed by atoms with E-state index in [2.05, 4.69) is 15.6 Å². The van der Waals surface area contributed by atoms with Gasteiger partial charge in [0.1, 0.15) is 0 Å². The largest absolute Gasteiger partial charge is 0.452 e. The van der Waals surface area contributed by atoms with Gasteiger partial charge in [0, 0.05) is 24.7 Å². The number of benzene rings is 1. The predicted octanol–water partition coefficient (Wildman–Crippen LogP) is 1.48. The third-order valence-electron chi connectivity index (χ3n) is 3.49. The maximum absolute atomic E-state index is 12.4. The summed E-state index contributed by atoms with van der Waals surface area (Å²) in [5.41, 5.74) is 2.64. The summed E-state index contributed by atoms with van der Waals surface area (Å²) in [6, 6.07) is 6.50. The molecule has 0 bridgehead atoms. The van der Waals surface area contributed by atoms with Gasteiger partial charge in [-0.1, -0.05) is 11.6 Å². The number of urea groups is 1. The molecule has 1 heterocycles. The van der Waals surface area contributed by atoms with E-state index in [1.807, 2.05) is 25.1 Å². The molecule has 0 saturated carbocycles. The van der Waals surface area contributed by atoms with Gasteiger partial charge in [-0.05, 0) is 32.0 Å². The molecule has 1 aromatic heterocycles. The Balaban J connectivity index is 2.00. The minimum absolute atomic E-state index is 0.261. The molecular formula is C18H21N3O5. The summed E-state index contributed by atoms with van der Waals surface area (Å²) in [6.07, 6.45) is 0. The summed E-state index contributed by atoms with van der Waals surface area (Å²) in [5, 5.41) is 5.15. The van der Waals surface area contributed by atoms with Gasteiger partial charge in [0.25, 0.3) is 5.91 Å². The van der Waals surface area contributed by atoms with Gasteiger partial charge in [-0.2, -0.15) is 0 Å². The van der Waals surface area contributed by atoms with Crippen molar-refractivity contribution in [2.75, 3.05) is 26.9 Å². The summed E-state index contributed by atoms with van der Waals surface area (Å²) in [7, 11) is 1.50. The van der Waals surface area contributed by atoms with Crippen LogP contribution in [-0.2, 0) is 14.3 Å². The molecule has 0 fully saturated rings. The number of nitrogens with zero attached hydrogens (tertiary/aromatic N) is 1. The SMILES string of the molecule is COCCNC(=O)NC(=O)COC(=O)c1cc(C)nc2ccc(C)cc12. The zero-order valence-electron chi connectivity index (χ0n) is 14.9. The molecule has 0 atom stereocenters. The third-order valence-corrected chi connectivity index (χ3v) is 3.49. The summed E-state index contributed by atoms with van der Waals surface area (Å²) in [5.74, 6) is -1.37. The van der Waals surface area contributed by atoms with Crippen molar-refractivity contribution in [3.63, 3.8) is 0 Å². The lowest BCUT2D eigenvalue weighted by molar-refractivity contribution is -0.123. The molecule has 2 rings (SSSR count). The van der Waals surface area contributed by atoms with E-state index in [4.69, 9.17) is 9.47 Å². The van der Waals surface area contributed by atoms with Crippen molar-refractivity contribution < 1.29 is 23.9 Å². The number of nitrogens with one attached hydrogen (secondary N) is 2. The fourth-order valence-corrected chi connectivity index (χ4v) is 2.32. The Morgan fingerprint density at radius 1 is 1.15 bits per heavy atom. The average Bonchev–Trinajstić information content (AvgIpc) is 2.59. The normalized spacial score (nSPS) is 10.4. The lowest BCUT2D eigenvalue weighted by Crippen LogP contribution is -2.42. The van der Waals surface area contributed by atoms with E-state index in [-0.39, 0.29) is 6.54 Å². The number of esters is 1. The number of imide groups is 1. The molecule has 3 amide bonds. The first-order valence-corrected chi connectivity index (χ1v) is 8.02. The molecule has 0 saturated heterocycles. The number of hydrogen-bond donors (Lipinski definition) is 2. The first-order chi connectivity index (χ1) is 12.4. The van der Waals surface area contributed by atoms with Crippen molar-refractivity contribution in [2.24, 2.45) is 0 Å². The molecule has 138 valence electrons. The Kier molecular flexibility index (Phi) is 6.62. The first kappa shape index (κ1) is 19.3. The van der Waals surface area contributed by atoms with Gasteiger partial charge < -0.3 is 14.8 Å². The highest BCUT2D eigenvalue weighted by atomic mass is 16.5. The second-order valence-electron chi connectivity index (χ2n) is 5.70. The van der Waals surface area contributed by atoms with E-state index in [0.29, 0.717) is 28.8 Å².